The van der Waals surface area contributed by atoms with Crippen molar-refractivity contribution >= 4 is 10.0 Å². The molecule has 1 N–H and O–H groups in total. The van der Waals surface area contributed by atoms with Crippen LogP contribution in [0.1, 0.15) is 47.5 Å². The van der Waals surface area contributed by atoms with Gasteiger partial charge in [-0.05, 0) is 40.2 Å². The van der Waals surface area contributed by atoms with E-state index in [0.29, 0.717) is 19.0 Å². The lowest BCUT2D eigenvalue weighted by Gasteiger charge is -2.33. The molecule has 0 saturated carbocycles. The Kier molecular flexibility index (Phi) is 7.86. The average Bonchev–Trinajstić information content (AvgIpc) is 2.23. The zero-order valence-electron chi connectivity index (χ0n) is 13.1. The molecule has 0 bridgehead atoms. The number of unbranched alkanes of at least 4 members (excludes halogenated alkanes) is 1. The molecular formula is C14H30N2O2S. The first-order chi connectivity index (χ1) is 8.61. The lowest BCUT2D eigenvalue weighted by molar-refractivity contribution is 0.269. The summed E-state index contributed by atoms with van der Waals surface area (Å²) in [6, 6.07) is 0.448. The van der Waals surface area contributed by atoms with Crippen LogP contribution in [0.4, 0.5) is 0 Å². The molecule has 0 amide bonds. The molecule has 0 saturated heterocycles. The third kappa shape index (κ3) is 7.70. The van der Waals surface area contributed by atoms with Gasteiger partial charge >= 0.3 is 0 Å². The Bertz CT molecular complexity index is 356. The second-order valence-corrected chi connectivity index (χ2v) is 8.14. The van der Waals surface area contributed by atoms with Gasteiger partial charge in [0, 0.05) is 18.1 Å². The van der Waals surface area contributed by atoms with Gasteiger partial charge in [0.15, 0.2) is 0 Å². The molecule has 0 unspecified atom stereocenters. The van der Waals surface area contributed by atoms with Crippen molar-refractivity contribution in [3.05, 3.63) is 12.7 Å². The van der Waals surface area contributed by atoms with Crippen LogP contribution < -0.4 is 5.32 Å². The van der Waals surface area contributed by atoms with Crippen molar-refractivity contribution in [3.63, 3.8) is 0 Å². The second-order valence-electron chi connectivity index (χ2n) is 6.12. The lowest BCUT2D eigenvalue weighted by Crippen LogP contribution is -2.46. The van der Waals surface area contributed by atoms with E-state index in [1.807, 2.05) is 20.8 Å². The van der Waals surface area contributed by atoms with E-state index >= 15 is 0 Å². The highest BCUT2D eigenvalue weighted by Gasteiger charge is 2.30. The van der Waals surface area contributed by atoms with Crippen molar-refractivity contribution in [2.45, 2.75) is 59.0 Å². The minimum Gasteiger partial charge on any atom is -0.315 e. The summed E-state index contributed by atoms with van der Waals surface area (Å²) in [7, 11) is -3.21. The Balaban J connectivity index is 4.38. The van der Waals surface area contributed by atoms with Crippen LogP contribution in [-0.2, 0) is 10.0 Å². The lowest BCUT2D eigenvalue weighted by atomic mass is 10.1. The molecule has 0 heterocycles. The van der Waals surface area contributed by atoms with Crippen LogP contribution in [-0.4, -0.2) is 43.1 Å². The van der Waals surface area contributed by atoms with Gasteiger partial charge in [0.25, 0.3) is 0 Å². The van der Waals surface area contributed by atoms with Crippen molar-refractivity contribution < 1.29 is 8.42 Å². The highest BCUT2D eigenvalue weighted by Crippen LogP contribution is 2.19. The molecule has 0 aromatic carbocycles. The summed E-state index contributed by atoms with van der Waals surface area (Å²) in [5.41, 5.74) is -0.400. The molecule has 19 heavy (non-hydrogen) atoms. The Morgan fingerprint density at radius 1 is 1.26 bits per heavy atom. The molecule has 0 radical (unpaired) electrons. The van der Waals surface area contributed by atoms with Crippen molar-refractivity contribution in [1.29, 1.82) is 0 Å². The van der Waals surface area contributed by atoms with Gasteiger partial charge in [-0.15, -0.1) is 6.58 Å². The predicted molar refractivity (Wildman–Crippen MR) is 82.8 cm³/mol. The van der Waals surface area contributed by atoms with Gasteiger partial charge in [-0.2, -0.15) is 4.31 Å². The van der Waals surface area contributed by atoms with Gasteiger partial charge < -0.3 is 5.32 Å². The van der Waals surface area contributed by atoms with Gasteiger partial charge in [-0.3, -0.25) is 0 Å². The van der Waals surface area contributed by atoms with Crippen LogP contribution in [0, 0.1) is 0 Å². The van der Waals surface area contributed by atoms with Crippen LogP contribution in [0.5, 0.6) is 0 Å². The van der Waals surface area contributed by atoms with Crippen LogP contribution in [0.3, 0.4) is 0 Å². The van der Waals surface area contributed by atoms with Gasteiger partial charge in [0.05, 0.1) is 5.75 Å². The fourth-order valence-electron chi connectivity index (χ4n) is 1.83. The Morgan fingerprint density at radius 3 is 2.26 bits per heavy atom. The molecular weight excluding hydrogens is 260 g/mol. The highest BCUT2D eigenvalue weighted by molar-refractivity contribution is 7.89. The summed E-state index contributed by atoms with van der Waals surface area (Å²) in [6.45, 7) is 14.8. The van der Waals surface area contributed by atoms with E-state index in [9.17, 15) is 8.42 Å². The molecule has 5 heteroatoms. The van der Waals surface area contributed by atoms with E-state index in [2.05, 4.69) is 25.7 Å². The van der Waals surface area contributed by atoms with E-state index in [1.54, 1.807) is 6.08 Å². The second kappa shape index (κ2) is 8.02. The molecule has 0 aliphatic heterocycles. The highest BCUT2D eigenvalue weighted by atomic mass is 32.2. The van der Waals surface area contributed by atoms with Gasteiger partial charge in [0.2, 0.25) is 10.0 Å². The average molecular weight is 290 g/mol. The predicted octanol–water partition coefficient (Wildman–Crippen LogP) is 2.38. The maximum absolute atomic E-state index is 12.3. The van der Waals surface area contributed by atoms with E-state index in [4.69, 9.17) is 0 Å². The summed E-state index contributed by atoms with van der Waals surface area (Å²) in [5.74, 6) is 0.206. The Morgan fingerprint density at radius 2 is 1.84 bits per heavy atom. The fourth-order valence-corrected chi connectivity index (χ4v) is 3.79. The van der Waals surface area contributed by atoms with Crippen LogP contribution in [0.25, 0.3) is 0 Å². The Labute approximate surface area is 119 Å². The largest absolute Gasteiger partial charge is 0.315 e. The first kappa shape index (κ1) is 18.6. The van der Waals surface area contributed by atoms with E-state index in [0.717, 1.165) is 13.0 Å². The van der Waals surface area contributed by atoms with Crippen molar-refractivity contribution in [3.8, 4) is 0 Å². The minimum absolute atomic E-state index is 0.206. The standard InChI is InChI=1S/C14H30N2O2S/c1-7-11-16(14(4,5)6)19(17,18)12-9-8-10-15-13(2)3/h7,13,15H,1,8-12H2,2-6H3. The zero-order valence-corrected chi connectivity index (χ0v) is 13.9. The molecule has 0 atom stereocenters. The third-order valence-electron chi connectivity index (χ3n) is 2.76. The quantitative estimate of drug-likeness (QED) is 0.524. The van der Waals surface area contributed by atoms with Crippen molar-refractivity contribution in [1.82, 2.24) is 9.62 Å². The first-order valence-electron chi connectivity index (χ1n) is 6.96. The molecule has 0 fully saturated rings. The summed E-state index contributed by atoms with van der Waals surface area (Å²) < 4.78 is 26.2. The topological polar surface area (TPSA) is 49.4 Å². The molecule has 0 spiro atoms. The summed E-state index contributed by atoms with van der Waals surface area (Å²) in [5, 5.41) is 3.29. The molecule has 0 aliphatic carbocycles. The van der Waals surface area contributed by atoms with Gasteiger partial charge in [-0.1, -0.05) is 19.9 Å². The zero-order chi connectivity index (χ0) is 15.1. The third-order valence-corrected chi connectivity index (χ3v) is 4.93. The monoisotopic (exact) mass is 290 g/mol. The van der Waals surface area contributed by atoms with Gasteiger partial charge in [-0.25, -0.2) is 8.42 Å². The van der Waals surface area contributed by atoms with Gasteiger partial charge in [0.1, 0.15) is 0 Å². The fraction of sp³-hybridized carbons (Fsp3) is 0.857. The van der Waals surface area contributed by atoms with Crippen LogP contribution >= 0.6 is 0 Å². The van der Waals surface area contributed by atoms with Crippen molar-refractivity contribution in [2.24, 2.45) is 0 Å². The van der Waals surface area contributed by atoms with E-state index in [-0.39, 0.29) is 5.75 Å². The number of hydrogen-bond acceptors (Lipinski definition) is 3. The van der Waals surface area contributed by atoms with E-state index in [1.165, 1.54) is 4.31 Å². The summed E-state index contributed by atoms with van der Waals surface area (Å²) in [6.07, 6.45) is 3.21. The number of hydrogen-bond donors (Lipinski definition) is 1. The number of nitrogens with one attached hydrogen (secondary N) is 1. The molecule has 0 rings (SSSR count). The summed E-state index contributed by atoms with van der Waals surface area (Å²) in [4.78, 5) is 0. The molecule has 114 valence electrons. The van der Waals surface area contributed by atoms with Crippen LogP contribution in [0.2, 0.25) is 0 Å². The summed E-state index contributed by atoms with van der Waals surface area (Å²) >= 11 is 0. The minimum atomic E-state index is -3.21. The SMILES string of the molecule is C=CCN(C(C)(C)C)S(=O)(=O)CCCCNC(C)C. The number of nitrogens with zero attached hydrogens (tertiary/aromatic N) is 1. The molecule has 0 aromatic heterocycles. The number of sulfonamides is 1. The van der Waals surface area contributed by atoms with Crippen molar-refractivity contribution in [2.75, 3.05) is 18.8 Å². The maximum Gasteiger partial charge on any atom is 0.214 e. The molecule has 4 nitrogen and oxygen atoms in total. The van der Waals surface area contributed by atoms with Crippen LogP contribution in [0.15, 0.2) is 12.7 Å². The molecule has 0 aromatic rings. The molecule has 0 aliphatic rings. The first-order valence-corrected chi connectivity index (χ1v) is 8.57. The smallest absolute Gasteiger partial charge is 0.214 e. The Hall–Kier alpha value is -0.390. The normalized spacial score (nSPS) is 13.2. The maximum atomic E-state index is 12.3. The number of rotatable bonds is 9. The van der Waals surface area contributed by atoms with E-state index < -0.39 is 15.6 Å².